The fraction of sp³-hybridized carbons (Fsp3) is 0. The van der Waals surface area contributed by atoms with Crippen LogP contribution in [0.2, 0.25) is 0 Å². The topological polar surface area (TPSA) is 41.6 Å². The molecule has 0 saturated carbocycles. The second-order valence-electron chi connectivity index (χ2n) is 2.62. The number of pyridine rings is 1. The lowest BCUT2D eigenvalue weighted by atomic mass is 10.3. The molecule has 0 amide bonds. The Hall–Kier alpha value is -1.07. The summed E-state index contributed by atoms with van der Waals surface area (Å²) in [6.45, 7) is 0. The largest absolute Gasteiger partial charge is 0.329 e. The molecule has 2 aromatic heterocycles. The number of aromatic amines is 1. The van der Waals surface area contributed by atoms with Crippen LogP contribution in [0.1, 0.15) is 0 Å². The summed E-state index contributed by atoms with van der Waals surface area (Å²) in [6, 6.07) is 5.64. The minimum atomic E-state index is 0.626. The molecule has 1 N–H and O–H groups in total. The molecule has 0 radical (unpaired) electrons. The van der Waals surface area contributed by atoms with E-state index in [1.165, 1.54) is 0 Å². The molecular weight excluding hydrogens is 262 g/mol. The maximum atomic E-state index is 5.07. The van der Waals surface area contributed by atoms with E-state index in [-0.39, 0.29) is 0 Å². The van der Waals surface area contributed by atoms with Crippen molar-refractivity contribution < 1.29 is 0 Å². The molecule has 14 heavy (non-hydrogen) atoms. The molecule has 0 aliphatic rings. The lowest BCUT2D eigenvalue weighted by Gasteiger charge is -1.99. The molecule has 5 heteroatoms. The van der Waals surface area contributed by atoms with Crippen LogP contribution in [0, 0.1) is 4.64 Å². The van der Waals surface area contributed by atoms with Crippen LogP contribution in [0.25, 0.3) is 11.5 Å². The number of rotatable bonds is 1. The Balaban J connectivity index is 2.54. The van der Waals surface area contributed by atoms with Crippen LogP contribution in [-0.4, -0.2) is 15.0 Å². The van der Waals surface area contributed by atoms with E-state index in [0.29, 0.717) is 10.5 Å². The smallest absolute Gasteiger partial charge is 0.157 e. The van der Waals surface area contributed by atoms with Gasteiger partial charge in [0.25, 0.3) is 0 Å². The Morgan fingerprint density at radius 1 is 1.29 bits per heavy atom. The monoisotopic (exact) mass is 267 g/mol. The number of halogens is 1. The van der Waals surface area contributed by atoms with Gasteiger partial charge in [0.1, 0.15) is 10.3 Å². The molecule has 70 valence electrons. The zero-order valence-corrected chi connectivity index (χ0v) is 9.47. The van der Waals surface area contributed by atoms with Gasteiger partial charge in [-0.2, -0.15) is 0 Å². The van der Waals surface area contributed by atoms with Gasteiger partial charge in [-0.05, 0) is 28.1 Å². The molecule has 0 spiro atoms. The van der Waals surface area contributed by atoms with Gasteiger partial charge in [0.15, 0.2) is 5.82 Å². The van der Waals surface area contributed by atoms with E-state index in [9.17, 15) is 0 Å². The summed E-state index contributed by atoms with van der Waals surface area (Å²) in [4.78, 5) is 11.3. The van der Waals surface area contributed by atoms with Gasteiger partial charge in [0.05, 0.1) is 4.47 Å². The Bertz CT molecular complexity index is 495. The summed E-state index contributed by atoms with van der Waals surface area (Å²) in [6.07, 6.45) is 3.39. The maximum Gasteiger partial charge on any atom is 0.157 e. The van der Waals surface area contributed by atoms with Gasteiger partial charge in [-0.1, -0.05) is 18.3 Å². The predicted octanol–water partition coefficient (Wildman–Crippen LogP) is 2.96. The van der Waals surface area contributed by atoms with E-state index in [1.807, 2.05) is 18.2 Å². The first-order chi connectivity index (χ1) is 6.77. The fourth-order valence-corrected chi connectivity index (χ4v) is 1.36. The van der Waals surface area contributed by atoms with Crippen molar-refractivity contribution >= 4 is 28.1 Å². The normalized spacial score (nSPS) is 10.1. The number of H-pyrrole nitrogens is 1. The van der Waals surface area contributed by atoms with Crippen molar-refractivity contribution in [1.29, 1.82) is 0 Å². The van der Waals surface area contributed by atoms with Crippen molar-refractivity contribution in [1.82, 2.24) is 15.0 Å². The van der Waals surface area contributed by atoms with E-state index >= 15 is 0 Å². The van der Waals surface area contributed by atoms with E-state index in [0.717, 1.165) is 10.2 Å². The second kappa shape index (κ2) is 3.98. The van der Waals surface area contributed by atoms with E-state index in [2.05, 4.69) is 30.9 Å². The number of hydrogen-bond donors (Lipinski definition) is 1. The highest BCUT2D eigenvalue weighted by Gasteiger charge is 2.00. The quantitative estimate of drug-likeness (QED) is 0.808. The molecule has 0 fully saturated rings. The average Bonchev–Trinajstić information content (AvgIpc) is 2.23. The van der Waals surface area contributed by atoms with E-state index in [4.69, 9.17) is 12.2 Å². The Labute approximate surface area is 94.4 Å². The third kappa shape index (κ3) is 1.88. The first kappa shape index (κ1) is 9.48. The summed E-state index contributed by atoms with van der Waals surface area (Å²) in [5.41, 5.74) is 0.783. The average molecular weight is 268 g/mol. The Morgan fingerprint density at radius 2 is 2.14 bits per heavy atom. The molecule has 0 atom stereocenters. The highest BCUT2D eigenvalue weighted by Crippen LogP contribution is 2.14. The predicted molar refractivity (Wildman–Crippen MR) is 60.4 cm³/mol. The van der Waals surface area contributed by atoms with Crippen LogP contribution >= 0.6 is 28.1 Å². The highest BCUT2D eigenvalue weighted by molar-refractivity contribution is 9.10. The van der Waals surface area contributed by atoms with Crippen LogP contribution in [0.5, 0.6) is 0 Å². The summed E-state index contributed by atoms with van der Waals surface area (Å²) in [5, 5.41) is 0. The summed E-state index contributed by atoms with van der Waals surface area (Å²) < 4.78 is 1.41. The van der Waals surface area contributed by atoms with Crippen LogP contribution < -0.4 is 0 Å². The molecule has 2 heterocycles. The maximum absolute atomic E-state index is 5.07. The van der Waals surface area contributed by atoms with Crippen molar-refractivity contribution in [2.45, 2.75) is 0 Å². The van der Waals surface area contributed by atoms with Crippen LogP contribution in [0.15, 0.2) is 35.1 Å². The number of nitrogens with one attached hydrogen (secondary N) is 1. The molecule has 0 unspecified atom stereocenters. The minimum Gasteiger partial charge on any atom is -0.329 e. The van der Waals surface area contributed by atoms with Crippen LogP contribution in [-0.2, 0) is 0 Å². The molecule has 3 nitrogen and oxygen atoms in total. The SMILES string of the molecule is S=c1[nH]c(-c2ccccn2)ncc1Br. The molecular formula is C9H6BrN3S. The molecule has 0 saturated heterocycles. The van der Waals surface area contributed by atoms with Gasteiger partial charge < -0.3 is 4.98 Å². The van der Waals surface area contributed by atoms with Gasteiger partial charge in [0.2, 0.25) is 0 Å². The summed E-state index contributed by atoms with van der Waals surface area (Å²) in [5.74, 6) is 0.679. The number of hydrogen-bond acceptors (Lipinski definition) is 3. The fourth-order valence-electron chi connectivity index (χ4n) is 1.01. The Morgan fingerprint density at radius 3 is 2.79 bits per heavy atom. The summed E-state index contributed by atoms with van der Waals surface area (Å²) >= 11 is 8.35. The highest BCUT2D eigenvalue weighted by atomic mass is 79.9. The molecule has 0 aliphatic carbocycles. The van der Waals surface area contributed by atoms with Gasteiger partial charge in [0, 0.05) is 12.4 Å². The van der Waals surface area contributed by atoms with Gasteiger partial charge in [-0.15, -0.1) is 0 Å². The first-order valence-corrected chi connectivity index (χ1v) is 5.14. The van der Waals surface area contributed by atoms with Crippen LogP contribution in [0.3, 0.4) is 0 Å². The third-order valence-corrected chi connectivity index (χ3v) is 2.85. The molecule has 0 bridgehead atoms. The minimum absolute atomic E-state index is 0.626. The van der Waals surface area contributed by atoms with Crippen molar-refractivity contribution in [2.24, 2.45) is 0 Å². The second-order valence-corrected chi connectivity index (χ2v) is 3.89. The number of nitrogens with zero attached hydrogens (tertiary/aromatic N) is 2. The molecule has 0 aliphatic heterocycles. The summed E-state index contributed by atoms with van der Waals surface area (Å²) in [7, 11) is 0. The third-order valence-electron chi connectivity index (χ3n) is 1.66. The van der Waals surface area contributed by atoms with Crippen molar-refractivity contribution in [2.75, 3.05) is 0 Å². The molecule has 0 aromatic carbocycles. The van der Waals surface area contributed by atoms with Crippen molar-refractivity contribution in [3.05, 3.63) is 39.7 Å². The molecule has 2 rings (SSSR count). The number of aromatic nitrogens is 3. The van der Waals surface area contributed by atoms with Gasteiger partial charge in [-0.25, -0.2) is 4.98 Å². The Kier molecular flexibility index (Phi) is 2.69. The zero-order valence-electron chi connectivity index (χ0n) is 7.07. The standard InChI is InChI=1S/C9H6BrN3S/c10-6-5-12-8(13-9(6)14)7-3-1-2-4-11-7/h1-5H,(H,12,13,14). The van der Waals surface area contributed by atoms with Gasteiger partial charge >= 0.3 is 0 Å². The van der Waals surface area contributed by atoms with Crippen molar-refractivity contribution in [3.63, 3.8) is 0 Å². The van der Waals surface area contributed by atoms with Crippen LogP contribution in [0.4, 0.5) is 0 Å². The molecule has 2 aromatic rings. The van der Waals surface area contributed by atoms with E-state index in [1.54, 1.807) is 12.4 Å². The van der Waals surface area contributed by atoms with E-state index < -0.39 is 0 Å². The first-order valence-electron chi connectivity index (χ1n) is 3.93. The zero-order chi connectivity index (χ0) is 9.97. The van der Waals surface area contributed by atoms with Crippen molar-refractivity contribution in [3.8, 4) is 11.5 Å². The lowest BCUT2D eigenvalue weighted by molar-refractivity contribution is 1.11. The van der Waals surface area contributed by atoms with Gasteiger partial charge in [-0.3, -0.25) is 4.98 Å². The lowest BCUT2D eigenvalue weighted by Crippen LogP contribution is -1.91.